The van der Waals surface area contributed by atoms with Crippen LogP contribution in [0.25, 0.3) is 0 Å². The van der Waals surface area contributed by atoms with Gasteiger partial charge in [0.2, 0.25) is 0 Å². The van der Waals surface area contributed by atoms with E-state index in [-0.39, 0.29) is 0 Å². The molecule has 1 aromatic carbocycles. The number of hydrogen-bond acceptors (Lipinski definition) is 3. The van der Waals surface area contributed by atoms with Crippen LogP contribution in [0.3, 0.4) is 0 Å². The van der Waals surface area contributed by atoms with Gasteiger partial charge in [-0.1, -0.05) is 0 Å². The monoisotopic (exact) mass is 146 g/mol. The average molecular weight is 146 g/mol. The summed E-state index contributed by atoms with van der Waals surface area (Å²) in [4.78, 5) is 0. The number of ether oxygens (including phenoxy) is 2. The highest BCUT2D eigenvalue weighted by atomic mass is 16.7. The topological polar surface area (TPSA) is 42.2 Å². The maximum absolute atomic E-state index is 8.51. The van der Waals surface area contributed by atoms with Crippen molar-refractivity contribution < 1.29 is 9.47 Å². The summed E-state index contributed by atoms with van der Waals surface area (Å²) < 4.78 is 9.88. The van der Waals surface area contributed by atoms with Crippen LogP contribution in [0.15, 0.2) is 18.2 Å². The summed E-state index contributed by atoms with van der Waals surface area (Å²) in [5.74, 6) is 1.26. The van der Waals surface area contributed by atoms with Gasteiger partial charge in [-0.25, -0.2) is 0 Å². The Morgan fingerprint density at radius 1 is 1.18 bits per heavy atom. The summed E-state index contributed by atoms with van der Waals surface area (Å²) in [6.45, 7) is 1.24. The Balaban J connectivity index is 2.51. The predicted octanol–water partition coefficient (Wildman–Crippen LogP) is 1.45. The second-order valence-corrected chi connectivity index (χ2v) is 2.11. The van der Waals surface area contributed by atoms with E-state index in [1.54, 1.807) is 18.2 Å². The highest BCUT2D eigenvalue weighted by molar-refractivity contribution is 5.48. The summed E-state index contributed by atoms with van der Waals surface area (Å²) in [6, 6.07) is 7.03. The van der Waals surface area contributed by atoms with Gasteiger partial charge < -0.3 is 9.47 Å². The Kier molecular flexibility index (Phi) is 1.19. The first kappa shape index (κ1) is 6.05. The molecule has 3 nitrogen and oxygen atoms in total. The number of fused-ring (bicyclic) bond motifs is 1. The zero-order valence-electron chi connectivity index (χ0n) is 5.57. The van der Waals surface area contributed by atoms with Crippen LogP contribution in [0.2, 0.25) is 0 Å². The van der Waals surface area contributed by atoms with Gasteiger partial charge in [0, 0.05) is 6.07 Å². The normalized spacial score (nSPS) is 12.6. The molecule has 1 aliphatic heterocycles. The van der Waals surface area contributed by atoms with Gasteiger partial charge in [0.25, 0.3) is 0 Å². The van der Waals surface area contributed by atoms with Crippen LogP contribution in [0.1, 0.15) is 5.56 Å². The lowest BCUT2D eigenvalue weighted by atomic mass is 10.2. The zero-order valence-corrected chi connectivity index (χ0v) is 5.57. The summed E-state index contributed by atoms with van der Waals surface area (Å²) in [6.07, 6.45) is 0. The van der Waals surface area contributed by atoms with E-state index in [1.807, 2.05) is 6.07 Å². The Morgan fingerprint density at radius 2 is 2.00 bits per heavy atom. The molecule has 0 spiro atoms. The number of benzene rings is 1. The van der Waals surface area contributed by atoms with Gasteiger partial charge in [-0.3, -0.25) is 0 Å². The SMILES string of the molecule is N#Cc1ccc2c(c1)O[CH]O2. The van der Waals surface area contributed by atoms with E-state index in [2.05, 4.69) is 0 Å². The number of hydrogen-bond donors (Lipinski definition) is 0. The van der Waals surface area contributed by atoms with Gasteiger partial charge in [-0.05, 0) is 12.1 Å². The number of nitriles is 1. The van der Waals surface area contributed by atoms with E-state index in [1.165, 1.54) is 6.79 Å². The Morgan fingerprint density at radius 3 is 2.82 bits per heavy atom. The largest absolute Gasteiger partial charge is 0.444 e. The van der Waals surface area contributed by atoms with E-state index in [0.29, 0.717) is 17.1 Å². The third kappa shape index (κ3) is 0.887. The smallest absolute Gasteiger partial charge is 0.316 e. The summed E-state index contributed by atoms with van der Waals surface area (Å²) in [5.41, 5.74) is 0.572. The van der Waals surface area contributed by atoms with E-state index in [4.69, 9.17) is 14.7 Å². The van der Waals surface area contributed by atoms with Crippen molar-refractivity contribution >= 4 is 0 Å². The molecule has 1 radical (unpaired) electrons. The fourth-order valence-corrected chi connectivity index (χ4v) is 0.895. The van der Waals surface area contributed by atoms with Gasteiger partial charge >= 0.3 is 6.79 Å². The molecule has 1 aliphatic rings. The molecular formula is C8H4NO2. The first-order valence-corrected chi connectivity index (χ1v) is 3.09. The molecule has 0 saturated heterocycles. The highest BCUT2D eigenvalue weighted by Gasteiger charge is 2.13. The van der Waals surface area contributed by atoms with Crippen LogP contribution in [0, 0.1) is 18.1 Å². The minimum Gasteiger partial charge on any atom is -0.444 e. The lowest BCUT2D eigenvalue weighted by Crippen LogP contribution is -1.83. The van der Waals surface area contributed by atoms with Crippen LogP contribution in [0.5, 0.6) is 11.5 Å². The van der Waals surface area contributed by atoms with Crippen molar-refractivity contribution in [2.75, 3.05) is 0 Å². The molecule has 0 aromatic heterocycles. The molecule has 0 unspecified atom stereocenters. The average Bonchev–Trinajstić information content (AvgIpc) is 2.50. The fourth-order valence-electron chi connectivity index (χ4n) is 0.895. The molecule has 53 valence electrons. The van der Waals surface area contributed by atoms with Crippen molar-refractivity contribution in [3.8, 4) is 17.6 Å². The third-order valence-corrected chi connectivity index (χ3v) is 1.42. The van der Waals surface area contributed by atoms with Crippen molar-refractivity contribution in [2.45, 2.75) is 0 Å². The van der Waals surface area contributed by atoms with Crippen LogP contribution in [-0.2, 0) is 0 Å². The number of nitrogens with zero attached hydrogens (tertiary/aromatic N) is 1. The second kappa shape index (κ2) is 2.17. The Bertz CT molecular complexity index is 327. The minimum atomic E-state index is 0.572. The summed E-state index contributed by atoms with van der Waals surface area (Å²) >= 11 is 0. The third-order valence-electron chi connectivity index (χ3n) is 1.42. The summed E-state index contributed by atoms with van der Waals surface area (Å²) in [5, 5.41) is 8.51. The van der Waals surface area contributed by atoms with E-state index >= 15 is 0 Å². The molecular weight excluding hydrogens is 142 g/mol. The Hall–Kier alpha value is -1.69. The van der Waals surface area contributed by atoms with E-state index < -0.39 is 0 Å². The van der Waals surface area contributed by atoms with Crippen LogP contribution >= 0.6 is 0 Å². The Labute approximate surface area is 63.8 Å². The van der Waals surface area contributed by atoms with E-state index in [0.717, 1.165) is 0 Å². The van der Waals surface area contributed by atoms with Crippen molar-refractivity contribution in [3.05, 3.63) is 30.6 Å². The molecule has 0 bridgehead atoms. The van der Waals surface area contributed by atoms with Gasteiger partial charge in [0.1, 0.15) is 0 Å². The highest BCUT2D eigenvalue weighted by Crippen LogP contribution is 2.33. The summed E-state index contributed by atoms with van der Waals surface area (Å²) in [7, 11) is 0. The molecule has 0 aliphatic carbocycles. The quantitative estimate of drug-likeness (QED) is 0.556. The molecule has 1 aromatic rings. The van der Waals surface area contributed by atoms with Gasteiger partial charge in [0.05, 0.1) is 11.6 Å². The van der Waals surface area contributed by atoms with Crippen molar-refractivity contribution in [3.63, 3.8) is 0 Å². The zero-order chi connectivity index (χ0) is 7.68. The molecule has 0 N–H and O–H groups in total. The van der Waals surface area contributed by atoms with Gasteiger partial charge in [-0.2, -0.15) is 5.26 Å². The fraction of sp³-hybridized carbons (Fsp3) is 0. The second-order valence-electron chi connectivity index (χ2n) is 2.11. The molecule has 11 heavy (non-hydrogen) atoms. The van der Waals surface area contributed by atoms with Crippen LogP contribution < -0.4 is 9.47 Å². The molecule has 1 heterocycles. The maximum Gasteiger partial charge on any atom is 0.316 e. The van der Waals surface area contributed by atoms with Crippen LogP contribution in [0.4, 0.5) is 0 Å². The maximum atomic E-state index is 8.51. The molecule has 0 amide bonds. The first-order chi connectivity index (χ1) is 5.40. The molecule has 0 atom stereocenters. The van der Waals surface area contributed by atoms with Crippen molar-refractivity contribution in [1.82, 2.24) is 0 Å². The van der Waals surface area contributed by atoms with Gasteiger partial charge in [0.15, 0.2) is 11.5 Å². The first-order valence-electron chi connectivity index (χ1n) is 3.09. The lowest BCUT2D eigenvalue weighted by Gasteiger charge is -1.93. The van der Waals surface area contributed by atoms with E-state index in [9.17, 15) is 0 Å². The standard InChI is InChI=1S/C8H4NO2/c9-4-6-1-2-7-8(3-6)11-5-10-7/h1-3,5H. The molecule has 0 saturated carbocycles. The predicted molar refractivity (Wildman–Crippen MR) is 36.7 cm³/mol. The van der Waals surface area contributed by atoms with Crippen molar-refractivity contribution in [2.24, 2.45) is 0 Å². The van der Waals surface area contributed by atoms with Crippen LogP contribution in [-0.4, -0.2) is 0 Å². The lowest BCUT2D eigenvalue weighted by molar-refractivity contribution is 0.270. The van der Waals surface area contributed by atoms with Crippen molar-refractivity contribution in [1.29, 1.82) is 5.26 Å². The molecule has 3 heteroatoms. The molecule has 2 rings (SSSR count). The number of rotatable bonds is 0. The molecule has 0 fully saturated rings. The minimum absolute atomic E-state index is 0.572. The van der Waals surface area contributed by atoms with Gasteiger partial charge in [-0.15, -0.1) is 0 Å².